The Morgan fingerprint density at radius 2 is 1.42 bits per heavy atom. The predicted octanol–water partition coefficient (Wildman–Crippen LogP) is 6.59. The molecule has 0 radical (unpaired) electrons. The van der Waals surface area contributed by atoms with E-state index in [9.17, 15) is 26.5 Å². The number of nitrogen functional groups attached to an aromatic ring is 1. The number of phenolic OH excluding ortho intramolecular Hbond substituents is 1. The van der Waals surface area contributed by atoms with Crippen molar-refractivity contribution in [3.8, 4) is 17.2 Å². The van der Waals surface area contributed by atoms with Gasteiger partial charge in [0.15, 0.2) is 5.75 Å². The van der Waals surface area contributed by atoms with E-state index in [1.165, 1.54) is 67.0 Å². The van der Waals surface area contributed by atoms with Crippen LogP contribution in [0, 0.1) is 0 Å². The number of nitrogens with zero attached hydrogens (tertiary/aromatic N) is 6. The zero-order valence-corrected chi connectivity index (χ0v) is 27.0. The fourth-order valence-corrected chi connectivity index (χ4v) is 5.94. The van der Waals surface area contributed by atoms with Crippen LogP contribution >= 0.6 is 0 Å². The number of hydrogen-bond donors (Lipinski definition) is 4. The van der Waals surface area contributed by atoms with Gasteiger partial charge in [0.05, 0.1) is 23.8 Å². The highest BCUT2D eigenvalue weighted by molar-refractivity contribution is 7.92. The molecule has 5 aromatic rings. The predicted molar refractivity (Wildman–Crippen MR) is 176 cm³/mol. The van der Waals surface area contributed by atoms with E-state index in [-0.39, 0.29) is 52.3 Å². The zero-order chi connectivity index (χ0) is 34.5. The van der Waals surface area contributed by atoms with Crippen LogP contribution in [-0.2, 0) is 20.1 Å². The first-order valence-electron chi connectivity index (χ1n) is 14.1. The molecule has 0 aliphatic heterocycles. The first kappa shape index (κ1) is 33.6. The smallest absolute Gasteiger partial charge is 0.296 e. The Balaban J connectivity index is 1.49. The van der Waals surface area contributed by atoms with Crippen LogP contribution < -0.4 is 19.9 Å². The van der Waals surface area contributed by atoms with Gasteiger partial charge in [-0.05, 0) is 67.8 Å². The van der Waals surface area contributed by atoms with E-state index in [2.05, 4.69) is 35.1 Å². The summed E-state index contributed by atoms with van der Waals surface area (Å²) in [5, 5.41) is 28.0. The molecule has 1 aromatic heterocycles. The lowest BCUT2D eigenvalue weighted by molar-refractivity contribution is 0.332. The summed E-state index contributed by atoms with van der Waals surface area (Å²) in [6.07, 6.45) is 2.81. The number of azo groups is 2. The minimum atomic E-state index is -4.84. The fourth-order valence-electron chi connectivity index (χ4n) is 4.33. The molecule has 48 heavy (non-hydrogen) atoms. The second-order valence-electron chi connectivity index (χ2n) is 9.75. The summed E-state index contributed by atoms with van der Waals surface area (Å²) in [6.45, 7) is 3.88. The van der Waals surface area contributed by atoms with Crippen LogP contribution in [-0.4, -0.2) is 49.7 Å². The van der Waals surface area contributed by atoms with E-state index in [0.717, 1.165) is 6.07 Å². The number of fused-ring (bicyclic) bond motifs is 1. The van der Waals surface area contributed by atoms with Crippen LogP contribution in [0.2, 0.25) is 0 Å². The van der Waals surface area contributed by atoms with Crippen molar-refractivity contribution < 1.29 is 36.0 Å². The van der Waals surface area contributed by atoms with E-state index in [1.807, 2.05) is 0 Å². The van der Waals surface area contributed by atoms with Gasteiger partial charge in [0, 0.05) is 35.6 Å². The lowest BCUT2D eigenvalue weighted by atomic mass is 10.1. The molecule has 248 valence electrons. The number of rotatable bonds is 12. The number of aromatic hydroxyl groups is 1. The van der Waals surface area contributed by atoms with Crippen molar-refractivity contribution in [2.45, 2.75) is 23.6 Å². The van der Waals surface area contributed by atoms with Gasteiger partial charge in [-0.25, -0.2) is 23.1 Å². The van der Waals surface area contributed by atoms with Crippen LogP contribution in [0.5, 0.6) is 17.2 Å². The quantitative estimate of drug-likeness (QED) is 0.0617. The normalized spacial score (nSPS) is 12.1. The summed E-state index contributed by atoms with van der Waals surface area (Å²) in [4.78, 5) is 7.00. The molecule has 5 N–H and O–H groups in total. The summed E-state index contributed by atoms with van der Waals surface area (Å²) in [5.41, 5.74) is 6.26. The number of hydrogen-bond acceptors (Lipinski definition) is 14. The van der Waals surface area contributed by atoms with Crippen molar-refractivity contribution in [2.75, 3.05) is 23.7 Å². The standard InChI is InChI=1S/C30H28N8O8S2/c1-3-45-25-17-24(36-37-28-27(48(42,43)44)14-18-6-7-19(31)15-22(18)29(28)39)26(46-4-2)16-23(25)35-34-20-8-10-21(11-9-20)47(40,41)38-30-32-12-5-13-33-30/h5-17,39H,3-4,31H2,1-2H3,(H,32,33,38)(H,42,43,44). The maximum absolute atomic E-state index is 12.7. The average molecular weight is 693 g/mol. The molecular weight excluding hydrogens is 665 g/mol. The van der Waals surface area contributed by atoms with Gasteiger partial charge >= 0.3 is 0 Å². The number of ether oxygens (including phenoxy) is 2. The van der Waals surface area contributed by atoms with Crippen molar-refractivity contribution in [1.82, 2.24) is 9.97 Å². The van der Waals surface area contributed by atoms with Crippen molar-refractivity contribution in [3.63, 3.8) is 0 Å². The number of sulfonamides is 1. The average Bonchev–Trinajstić information content (AvgIpc) is 3.05. The summed E-state index contributed by atoms with van der Waals surface area (Å²) >= 11 is 0. The van der Waals surface area contributed by atoms with Gasteiger partial charge in [-0.1, -0.05) is 6.07 Å². The maximum Gasteiger partial charge on any atom is 0.296 e. The van der Waals surface area contributed by atoms with Crippen LogP contribution in [0.1, 0.15) is 13.8 Å². The molecule has 4 aromatic carbocycles. The van der Waals surface area contributed by atoms with E-state index in [4.69, 9.17) is 15.2 Å². The molecule has 0 unspecified atom stereocenters. The lowest BCUT2D eigenvalue weighted by Gasteiger charge is -2.12. The molecule has 0 spiro atoms. The molecule has 0 saturated carbocycles. The van der Waals surface area contributed by atoms with Crippen molar-refractivity contribution >= 4 is 65.3 Å². The third kappa shape index (κ3) is 7.63. The monoisotopic (exact) mass is 692 g/mol. The summed E-state index contributed by atoms with van der Waals surface area (Å²) in [7, 11) is -8.79. The van der Waals surface area contributed by atoms with Gasteiger partial charge in [0.1, 0.15) is 33.5 Å². The van der Waals surface area contributed by atoms with Gasteiger partial charge in [0.25, 0.3) is 20.1 Å². The number of anilines is 2. The molecule has 0 aliphatic rings. The fraction of sp³-hybridized carbons (Fsp3) is 0.133. The highest BCUT2D eigenvalue weighted by Gasteiger charge is 2.23. The molecule has 1 heterocycles. The Kier molecular flexibility index (Phi) is 9.78. The van der Waals surface area contributed by atoms with Gasteiger partial charge in [0.2, 0.25) is 5.95 Å². The Morgan fingerprint density at radius 3 is 2.00 bits per heavy atom. The second-order valence-corrected chi connectivity index (χ2v) is 12.8. The lowest BCUT2D eigenvalue weighted by Crippen LogP contribution is -2.14. The molecule has 0 aliphatic carbocycles. The van der Waals surface area contributed by atoms with Gasteiger partial charge in [-0.2, -0.15) is 13.5 Å². The van der Waals surface area contributed by atoms with Crippen LogP contribution in [0.15, 0.2) is 109 Å². The number of nitrogens with two attached hydrogens (primary N) is 1. The molecule has 5 rings (SSSR count). The van der Waals surface area contributed by atoms with Crippen molar-refractivity contribution in [2.24, 2.45) is 20.5 Å². The largest absolute Gasteiger partial charge is 0.505 e. The van der Waals surface area contributed by atoms with Crippen LogP contribution in [0.3, 0.4) is 0 Å². The highest BCUT2D eigenvalue weighted by Crippen LogP contribution is 2.45. The number of benzene rings is 4. The molecule has 0 fully saturated rings. The highest BCUT2D eigenvalue weighted by atomic mass is 32.2. The molecular formula is C30H28N8O8S2. The number of aromatic nitrogens is 2. The third-order valence-electron chi connectivity index (χ3n) is 6.46. The minimum Gasteiger partial charge on any atom is -0.505 e. The van der Waals surface area contributed by atoms with Crippen molar-refractivity contribution in [3.05, 3.63) is 79.1 Å². The second kappa shape index (κ2) is 14.0. The van der Waals surface area contributed by atoms with Gasteiger partial charge in [-0.15, -0.1) is 15.3 Å². The van der Waals surface area contributed by atoms with Crippen LogP contribution in [0.25, 0.3) is 10.8 Å². The summed E-state index contributed by atoms with van der Waals surface area (Å²) < 4.78 is 73.5. The minimum absolute atomic E-state index is 0.0460. The van der Waals surface area contributed by atoms with Gasteiger partial charge < -0.3 is 20.3 Å². The summed E-state index contributed by atoms with van der Waals surface area (Å²) in [5.74, 6) is -0.272. The third-order valence-corrected chi connectivity index (χ3v) is 8.68. The van der Waals surface area contributed by atoms with Crippen molar-refractivity contribution in [1.29, 1.82) is 0 Å². The topological polar surface area (TPSA) is 240 Å². The first-order valence-corrected chi connectivity index (χ1v) is 17.0. The zero-order valence-electron chi connectivity index (χ0n) is 25.3. The molecule has 16 nitrogen and oxygen atoms in total. The van der Waals surface area contributed by atoms with Crippen LogP contribution in [0.4, 0.5) is 34.4 Å². The van der Waals surface area contributed by atoms with E-state index >= 15 is 0 Å². The number of nitrogens with one attached hydrogen (secondary N) is 1. The molecule has 0 bridgehead atoms. The molecule has 0 atom stereocenters. The van der Waals surface area contributed by atoms with Gasteiger partial charge in [-0.3, -0.25) is 4.55 Å². The Labute approximate surface area is 274 Å². The first-order chi connectivity index (χ1) is 22.9. The van der Waals surface area contributed by atoms with E-state index in [0.29, 0.717) is 16.8 Å². The Bertz CT molecular complexity index is 2250. The van der Waals surface area contributed by atoms with E-state index < -0.39 is 36.5 Å². The summed E-state index contributed by atoms with van der Waals surface area (Å²) in [6, 6.07) is 15.6. The molecule has 0 amide bonds. The number of phenols is 1. The molecule has 18 heteroatoms. The SMILES string of the molecule is CCOc1cc(N=Nc2c(S(=O)(=O)O)cc3ccc(N)cc3c2O)c(OCC)cc1N=Nc1ccc(S(=O)(=O)Nc2ncccn2)cc1. The molecule has 0 saturated heterocycles. The van der Waals surface area contributed by atoms with E-state index in [1.54, 1.807) is 19.9 Å². The Morgan fingerprint density at radius 1 is 0.812 bits per heavy atom. The Hall–Kier alpha value is -5.72. The maximum atomic E-state index is 12.7.